The van der Waals surface area contributed by atoms with Crippen molar-refractivity contribution < 1.29 is 8.42 Å². The molecular weight excluding hydrogens is 284 g/mol. The van der Waals surface area contributed by atoms with Crippen molar-refractivity contribution in [1.29, 1.82) is 0 Å². The molecule has 5 heteroatoms. The van der Waals surface area contributed by atoms with Crippen molar-refractivity contribution in [2.45, 2.75) is 68.2 Å². The number of nitrogens with zero attached hydrogens (tertiary/aromatic N) is 2. The predicted molar refractivity (Wildman–Crippen MR) is 84.1 cm³/mol. The smallest absolute Gasteiger partial charge is 0.205 e. The van der Waals surface area contributed by atoms with E-state index < -0.39 is 14.7 Å². The number of benzene rings is 1. The van der Waals surface area contributed by atoms with Crippen molar-refractivity contribution in [3.8, 4) is 0 Å². The lowest BCUT2D eigenvalue weighted by Crippen LogP contribution is -2.39. The first-order chi connectivity index (χ1) is 9.77. The summed E-state index contributed by atoms with van der Waals surface area (Å²) >= 11 is 0. The summed E-state index contributed by atoms with van der Waals surface area (Å²) in [5, 5.41) is 8.66. The van der Waals surface area contributed by atoms with Gasteiger partial charge in [0.1, 0.15) is 0 Å². The van der Waals surface area contributed by atoms with E-state index in [-0.39, 0.29) is 5.54 Å². The molecule has 0 radical (unpaired) electrons. The van der Waals surface area contributed by atoms with Gasteiger partial charge in [0.25, 0.3) is 0 Å². The number of hydrogen-bond donors (Lipinski definition) is 0. The fraction of sp³-hybridized carbons (Fsp3) is 0.625. The highest BCUT2D eigenvalue weighted by molar-refractivity contribution is 7.92. The monoisotopic (exact) mass is 308 g/mol. The molecular formula is C16H24N2O2S. The molecule has 1 saturated carbocycles. The SMILES string of the molecule is CC(C)(C)N=NC1(S(=O)(=O)c2ccccc2)CCCCC1. The van der Waals surface area contributed by atoms with Gasteiger partial charge < -0.3 is 0 Å². The molecule has 4 nitrogen and oxygen atoms in total. The summed E-state index contributed by atoms with van der Waals surface area (Å²) in [5.74, 6) is 0. The third-order valence-corrected chi connectivity index (χ3v) is 6.10. The van der Waals surface area contributed by atoms with E-state index in [1.165, 1.54) is 0 Å². The molecule has 1 aromatic carbocycles. The summed E-state index contributed by atoms with van der Waals surface area (Å²) in [6.45, 7) is 5.80. The first kappa shape index (κ1) is 16.1. The van der Waals surface area contributed by atoms with Gasteiger partial charge in [-0.15, -0.1) is 0 Å². The van der Waals surface area contributed by atoms with E-state index in [0.29, 0.717) is 17.7 Å². The molecule has 0 amide bonds. The van der Waals surface area contributed by atoms with Crippen molar-refractivity contribution in [2.24, 2.45) is 10.2 Å². The van der Waals surface area contributed by atoms with E-state index in [9.17, 15) is 8.42 Å². The standard InChI is InChI=1S/C16H24N2O2S/c1-15(2,3)17-18-16(12-8-5-9-13-16)21(19,20)14-10-6-4-7-11-14/h4,6-7,10-11H,5,8-9,12-13H2,1-3H3. The van der Waals surface area contributed by atoms with E-state index >= 15 is 0 Å². The van der Waals surface area contributed by atoms with E-state index in [0.717, 1.165) is 19.3 Å². The molecule has 0 saturated heterocycles. The summed E-state index contributed by atoms with van der Waals surface area (Å²) in [6.07, 6.45) is 3.95. The zero-order valence-electron chi connectivity index (χ0n) is 13.0. The lowest BCUT2D eigenvalue weighted by atomic mass is 9.95. The number of sulfone groups is 1. The van der Waals surface area contributed by atoms with Gasteiger partial charge in [-0.1, -0.05) is 24.6 Å². The average molecular weight is 308 g/mol. The topological polar surface area (TPSA) is 58.9 Å². The second kappa shape index (κ2) is 5.87. The summed E-state index contributed by atoms with van der Waals surface area (Å²) in [7, 11) is -3.51. The molecule has 0 spiro atoms. The van der Waals surface area contributed by atoms with E-state index in [4.69, 9.17) is 0 Å². The van der Waals surface area contributed by atoms with Crippen LogP contribution in [-0.4, -0.2) is 18.8 Å². The third-order valence-electron chi connectivity index (χ3n) is 3.72. The van der Waals surface area contributed by atoms with Crippen LogP contribution in [0.2, 0.25) is 0 Å². The zero-order valence-corrected chi connectivity index (χ0v) is 13.9. The van der Waals surface area contributed by atoms with Crippen molar-refractivity contribution in [3.05, 3.63) is 30.3 Å². The van der Waals surface area contributed by atoms with Gasteiger partial charge in [0.15, 0.2) is 4.87 Å². The molecule has 0 aliphatic heterocycles. The highest BCUT2D eigenvalue weighted by Gasteiger charge is 2.46. The molecule has 0 N–H and O–H groups in total. The van der Waals surface area contributed by atoms with Crippen molar-refractivity contribution in [3.63, 3.8) is 0 Å². The Balaban J connectivity index is 2.48. The molecule has 0 bridgehead atoms. The first-order valence-electron chi connectivity index (χ1n) is 7.51. The highest BCUT2D eigenvalue weighted by atomic mass is 32.2. The van der Waals surface area contributed by atoms with Gasteiger partial charge in [0, 0.05) is 0 Å². The van der Waals surface area contributed by atoms with E-state index in [1.54, 1.807) is 24.3 Å². The predicted octanol–water partition coefficient (Wildman–Crippen LogP) is 4.37. The van der Waals surface area contributed by atoms with Gasteiger partial charge in [-0.25, -0.2) is 8.42 Å². The Labute approximate surface area is 127 Å². The fourth-order valence-electron chi connectivity index (χ4n) is 2.59. The molecule has 0 unspecified atom stereocenters. The molecule has 1 fully saturated rings. The van der Waals surface area contributed by atoms with Crippen LogP contribution in [0.4, 0.5) is 0 Å². The Morgan fingerprint density at radius 2 is 1.57 bits per heavy atom. The molecule has 116 valence electrons. The van der Waals surface area contributed by atoms with Crippen molar-refractivity contribution >= 4 is 9.84 Å². The highest BCUT2D eigenvalue weighted by Crippen LogP contribution is 2.40. The minimum Gasteiger partial charge on any atom is -0.221 e. The quantitative estimate of drug-likeness (QED) is 0.778. The Morgan fingerprint density at radius 1 is 1.00 bits per heavy atom. The summed E-state index contributed by atoms with van der Waals surface area (Å²) in [5.41, 5.74) is -0.364. The van der Waals surface area contributed by atoms with Gasteiger partial charge in [0.05, 0.1) is 10.4 Å². The van der Waals surface area contributed by atoms with Crippen LogP contribution in [0, 0.1) is 0 Å². The van der Waals surface area contributed by atoms with Crippen LogP contribution in [0.15, 0.2) is 45.5 Å². The maximum atomic E-state index is 13.1. The molecule has 1 aliphatic rings. The molecule has 0 heterocycles. The van der Waals surface area contributed by atoms with Gasteiger partial charge in [-0.3, -0.25) is 0 Å². The largest absolute Gasteiger partial charge is 0.221 e. The first-order valence-corrected chi connectivity index (χ1v) is 8.99. The van der Waals surface area contributed by atoms with Crippen LogP contribution in [0.3, 0.4) is 0 Å². The summed E-state index contributed by atoms with van der Waals surface area (Å²) in [6, 6.07) is 8.63. The second-order valence-corrected chi connectivity index (χ2v) is 8.93. The molecule has 0 aromatic heterocycles. The van der Waals surface area contributed by atoms with Crippen LogP contribution in [-0.2, 0) is 9.84 Å². The van der Waals surface area contributed by atoms with E-state index in [1.807, 2.05) is 26.8 Å². The Morgan fingerprint density at radius 3 is 2.10 bits per heavy atom. The molecule has 1 aromatic rings. The van der Waals surface area contributed by atoms with Gasteiger partial charge in [-0.05, 0) is 58.6 Å². The Bertz CT molecular complexity index is 595. The third kappa shape index (κ3) is 3.51. The number of rotatable bonds is 3. The lowest BCUT2D eigenvalue weighted by molar-refractivity contribution is 0.356. The van der Waals surface area contributed by atoms with Gasteiger partial charge in [0.2, 0.25) is 9.84 Å². The van der Waals surface area contributed by atoms with Crippen LogP contribution in [0.5, 0.6) is 0 Å². The summed E-state index contributed by atoms with van der Waals surface area (Å²) < 4.78 is 26.1. The average Bonchev–Trinajstić information content (AvgIpc) is 2.46. The van der Waals surface area contributed by atoms with Gasteiger partial charge >= 0.3 is 0 Å². The fourth-order valence-corrected chi connectivity index (χ4v) is 4.52. The van der Waals surface area contributed by atoms with Crippen LogP contribution in [0.1, 0.15) is 52.9 Å². The van der Waals surface area contributed by atoms with Crippen LogP contribution >= 0.6 is 0 Å². The summed E-state index contributed by atoms with van der Waals surface area (Å²) in [4.78, 5) is -0.736. The van der Waals surface area contributed by atoms with Crippen LogP contribution < -0.4 is 0 Å². The minimum absolute atomic E-state index is 0.347. The molecule has 2 rings (SSSR count). The number of azo groups is 1. The van der Waals surface area contributed by atoms with Crippen molar-refractivity contribution in [2.75, 3.05) is 0 Å². The van der Waals surface area contributed by atoms with E-state index in [2.05, 4.69) is 10.2 Å². The maximum absolute atomic E-state index is 13.1. The molecule has 1 aliphatic carbocycles. The second-order valence-electron chi connectivity index (χ2n) is 6.69. The zero-order chi connectivity index (χ0) is 15.6. The Kier molecular flexibility index (Phi) is 4.51. The van der Waals surface area contributed by atoms with Gasteiger partial charge in [-0.2, -0.15) is 10.2 Å². The minimum atomic E-state index is -3.51. The normalized spacial score (nSPS) is 19.8. The lowest BCUT2D eigenvalue weighted by Gasteiger charge is -2.32. The maximum Gasteiger partial charge on any atom is 0.205 e. The Hall–Kier alpha value is -1.23. The van der Waals surface area contributed by atoms with Crippen LogP contribution in [0.25, 0.3) is 0 Å². The molecule has 0 atom stereocenters. The number of hydrogen-bond acceptors (Lipinski definition) is 4. The molecule has 21 heavy (non-hydrogen) atoms. The van der Waals surface area contributed by atoms with Crippen molar-refractivity contribution in [1.82, 2.24) is 0 Å².